The summed E-state index contributed by atoms with van der Waals surface area (Å²) in [6, 6.07) is 12.1. The van der Waals surface area contributed by atoms with Gasteiger partial charge in [0.1, 0.15) is 0 Å². The van der Waals surface area contributed by atoms with E-state index in [1.54, 1.807) is 6.20 Å². The maximum Gasteiger partial charge on any atom is 0.255 e. The van der Waals surface area contributed by atoms with E-state index in [4.69, 9.17) is 0 Å². The van der Waals surface area contributed by atoms with Crippen molar-refractivity contribution >= 4 is 5.91 Å². The maximum absolute atomic E-state index is 12.5. The summed E-state index contributed by atoms with van der Waals surface area (Å²) in [6.07, 6.45) is 5.65. The van der Waals surface area contributed by atoms with Crippen LogP contribution in [0.25, 0.3) is 5.69 Å². The van der Waals surface area contributed by atoms with Gasteiger partial charge in [0, 0.05) is 30.3 Å². The van der Waals surface area contributed by atoms with E-state index in [9.17, 15) is 4.79 Å². The van der Waals surface area contributed by atoms with Crippen LogP contribution in [-0.2, 0) is 6.54 Å². The van der Waals surface area contributed by atoms with E-state index in [-0.39, 0.29) is 11.9 Å². The number of rotatable bonds is 5. The second-order valence-electron chi connectivity index (χ2n) is 5.84. The Morgan fingerprint density at radius 3 is 2.67 bits per heavy atom. The van der Waals surface area contributed by atoms with Gasteiger partial charge in [-0.15, -0.1) is 0 Å². The highest BCUT2D eigenvalue weighted by atomic mass is 16.1. The zero-order valence-corrected chi connectivity index (χ0v) is 14.2. The van der Waals surface area contributed by atoms with Gasteiger partial charge in [-0.1, -0.05) is 12.1 Å². The molecule has 1 N–H and O–H groups in total. The average Bonchev–Trinajstić information content (AvgIpc) is 3.24. The largest absolute Gasteiger partial charge is 0.345 e. The van der Waals surface area contributed by atoms with Gasteiger partial charge in [0.15, 0.2) is 0 Å². The minimum Gasteiger partial charge on any atom is -0.345 e. The number of hydrogen-bond donors (Lipinski definition) is 1. The van der Waals surface area contributed by atoms with Crippen LogP contribution in [0.4, 0.5) is 0 Å². The molecule has 3 aromatic rings. The summed E-state index contributed by atoms with van der Waals surface area (Å²) in [4.78, 5) is 12.5. The molecule has 124 valence electrons. The summed E-state index contributed by atoms with van der Waals surface area (Å²) in [5.74, 6) is -0.0916. The second-order valence-corrected chi connectivity index (χ2v) is 5.84. The Bertz CT molecular complexity index is 833. The van der Waals surface area contributed by atoms with E-state index in [0.717, 1.165) is 23.5 Å². The summed E-state index contributed by atoms with van der Waals surface area (Å²) in [5, 5.41) is 7.30. The van der Waals surface area contributed by atoms with Crippen molar-refractivity contribution in [2.24, 2.45) is 0 Å². The van der Waals surface area contributed by atoms with E-state index in [0.29, 0.717) is 5.56 Å². The molecule has 24 heavy (non-hydrogen) atoms. The fourth-order valence-electron chi connectivity index (χ4n) is 2.81. The Balaban J connectivity index is 1.77. The highest BCUT2D eigenvalue weighted by Gasteiger charge is 2.16. The molecule has 5 heteroatoms. The molecule has 0 saturated heterocycles. The predicted octanol–water partition coefficient (Wildman–Crippen LogP) is 3.49. The fourth-order valence-corrected chi connectivity index (χ4v) is 2.81. The number of amides is 1. The quantitative estimate of drug-likeness (QED) is 0.782. The first kappa shape index (κ1) is 16.1. The SMILES string of the molecule is CCn1ncc(C(=O)NC(C)c2cccc(-n3cccc3)c2)c1C. The Kier molecular flexibility index (Phi) is 4.51. The van der Waals surface area contributed by atoms with Gasteiger partial charge in [0.05, 0.1) is 17.8 Å². The van der Waals surface area contributed by atoms with Crippen molar-refractivity contribution in [2.75, 3.05) is 0 Å². The lowest BCUT2D eigenvalue weighted by atomic mass is 10.1. The molecule has 0 saturated carbocycles. The standard InChI is InChI=1S/C19H22N4O/c1-4-23-15(3)18(13-20-23)19(24)21-14(2)16-8-7-9-17(12-16)22-10-5-6-11-22/h5-14H,4H2,1-3H3,(H,21,24). The van der Waals surface area contributed by atoms with Crippen LogP contribution in [0.3, 0.4) is 0 Å². The van der Waals surface area contributed by atoms with Crippen molar-refractivity contribution < 1.29 is 4.79 Å². The van der Waals surface area contributed by atoms with E-state index < -0.39 is 0 Å². The lowest BCUT2D eigenvalue weighted by Gasteiger charge is -2.15. The van der Waals surface area contributed by atoms with Crippen LogP contribution in [-0.4, -0.2) is 20.3 Å². The first-order chi connectivity index (χ1) is 11.6. The molecule has 0 radical (unpaired) electrons. The van der Waals surface area contributed by atoms with Gasteiger partial charge in [0.25, 0.3) is 5.91 Å². The van der Waals surface area contributed by atoms with E-state index in [2.05, 4.69) is 16.5 Å². The van der Waals surface area contributed by atoms with Crippen molar-refractivity contribution in [3.05, 3.63) is 71.8 Å². The third-order valence-corrected chi connectivity index (χ3v) is 4.27. The van der Waals surface area contributed by atoms with Crippen LogP contribution in [0, 0.1) is 6.92 Å². The topological polar surface area (TPSA) is 51.9 Å². The number of aryl methyl sites for hydroxylation is 1. The molecule has 0 fully saturated rings. The number of nitrogens with one attached hydrogen (secondary N) is 1. The molecular weight excluding hydrogens is 300 g/mol. The number of benzene rings is 1. The number of carbonyl (C=O) groups excluding carboxylic acids is 1. The average molecular weight is 322 g/mol. The van der Waals surface area contributed by atoms with Crippen LogP contribution in [0.1, 0.15) is 41.5 Å². The summed E-state index contributed by atoms with van der Waals surface area (Å²) in [7, 11) is 0. The number of carbonyl (C=O) groups is 1. The smallest absolute Gasteiger partial charge is 0.255 e. The molecule has 1 aromatic carbocycles. The fraction of sp³-hybridized carbons (Fsp3) is 0.263. The van der Waals surface area contributed by atoms with Crippen LogP contribution in [0.2, 0.25) is 0 Å². The highest BCUT2D eigenvalue weighted by Crippen LogP contribution is 2.18. The number of hydrogen-bond acceptors (Lipinski definition) is 2. The first-order valence-electron chi connectivity index (χ1n) is 8.16. The number of aromatic nitrogens is 3. The second kappa shape index (κ2) is 6.74. The highest BCUT2D eigenvalue weighted by molar-refractivity contribution is 5.95. The van der Waals surface area contributed by atoms with Gasteiger partial charge in [0.2, 0.25) is 0 Å². The van der Waals surface area contributed by atoms with E-state index in [1.807, 2.05) is 72.7 Å². The van der Waals surface area contributed by atoms with Gasteiger partial charge in [-0.05, 0) is 50.6 Å². The molecule has 0 spiro atoms. The Morgan fingerprint density at radius 2 is 2.00 bits per heavy atom. The van der Waals surface area contributed by atoms with Crippen LogP contribution >= 0.6 is 0 Å². The summed E-state index contributed by atoms with van der Waals surface area (Å²) in [5.41, 5.74) is 3.66. The van der Waals surface area contributed by atoms with E-state index in [1.165, 1.54) is 0 Å². The minimum absolute atomic E-state index is 0.0858. The zero-order valence-electron chi connectivity index (χ0n) is 14.2. The molecule has 0 aliphatic rings. The van der Waals surface area contributed by atoms with Crippen LogP contribution in [0.5, 0.6) is 0 Å². The van der Waals surface area contributed by atoms with E-state index >= 15 is 0 Å². The lowest BCUT2D eigenvalue weighted by Crippen LogP contribution is -2.27. The van der Waals surface area contributed by atoms with Crippen molar-refractivity contribution in [1.82, 2.24) is 19.7 Å². The van der Waals surface area contributed by atoms with Crippen LogP contribution < -0.4 is 5.32 Å². The molecule has 3 rings (SSSR count). The summed E-state index contributed by atoms with van der Waals surface area (Å²) in [6.45, 7) is 6.68. The van der Waals surface area contributed by atoms with Crippen molar-refractivity contribution in [2.45, 2.75) is 33.4 Å². The molecule has 1 atom stereocenters. The van der Waals surface area contributed by atoms with Gasteiger partial charge in [-0.3, -0.25) is 9.48 Å². The molecule has 2 heterocycles. The maximum atomic E-state index is 12.5. The minimum atomic E-state index is -0.0916. The predicted molar refractivity (Wildman–Crippen MR) is 94.3 cm³/mol. The molecule has 1 unspecified atom stereocenters. The molecule has 0 aliphatic heterocycles. The van der Waals surface area contributed by atoms with Crippen LogP contribution in [0.15, 0.2) is 55.0 Å². The van der Waals surface area contributed by atoms with Gasteiger partial charge >= 0.3 is 0 Å². The molecule has 0 bridgehead atoms. The molecule has 2 aromatic heterocycles. The Morgan fingerprint density at radius 1 is 1.25 bits per heavy atom. The first-order valence-corrected chi connectivity index (χ1v) is 8.16. The van der Waals surface area contributed by atoms with Crippen molar-refractivity contribution in [1.29, 1.82) is 0 Å². The molecule has 1 amide bonds. The monoisotopic (exact) mass is 322 g/mol. The molecule has 5 nitrogen and oxygen atoms in total. The third-order valence-electron chi connectivity index (χ3n) is 4.27. The van der Waals surface area contributed by atoms with Crippen molar-refractivity contribution in [3.8, 4) is 5.69 Å². The van der Waals surface area contributed by atoms with Gasteiger partial charge in [-0.25, -0.2) is 0 Å². The number of nitrogens with zero attached hydrogens (tertiary/aromatic N) is 3. The van der Waals surface area contributed by atoms with Gasteiger partial charge < -0.3 is 9.88 Å². The zero-order chi connectivity index (χ0) is 17.1. The van der Waals surface area contributed by atoms with Gasteiger partial charge in [-0.2, -0.15) is 5.10 Å². The van der Waals surface area contributed by atoms with Crippen molar-refractivity contribution in [3.63, 3.8) is 0 Å². The normalized spacial score (nSPS) is 12.1. The summed E-state index contributed by atoms with van der Waals surface area (Å²) >= 11 is 0. The Labute approximate surface area is 141 Å². The Hall–Kier alpha value is -2.82. The summed E-state index contributed by atoms with van der Waals surface area (Å²) < 4.78 is 3.87. The molecule has 0 aliphatic carbocycles. The third kappa shape index (κ3) is 3.11. The lowest BCUT2D eigenvalue weighted by molar-refractivity contribution is 0.0939. The molecular formula is C19H22N4O.